The van der Waals surface area contributed by atoms with Crippen LogP contribution in [0.15, 0.2) is 42.6 Å². The Morgan fingerprint density at radius 3 is 2.47 bits per heavy atom. The highest BCUT2D eigenvalue weighted by Crippen LogP contribution is 2.35. The first-order valence-corrected chi connectivity index (χ1v) is 12.2. The predicted molar refractivity (Wildman–Crippen MR) is 122 cm³/mol. The summed E-state index contributed by atoms with van der Waals surface area (Å²) in [6.07, 6.45) is 2.37. The largest absolute Gasteiger partial charge is 0.480 e. The Balaban J connectivity index is 1.80. The first kappa shape index (κ1) is 24.4. The molecule has 1 aromatic heterocycles. The van der Waals surface area contributed by atoms with Gasteiger partial charge in [0.2, 0.25) is 10.0 Å². The first-order valence-electron chi connectivity index (χ1n) is 9.93. The lowest BCUT2D eigenvalue weighted by Crippen LogP contribution is -2.52. The molecule has 2 heterocycles. The molecule has 0 aliphatic carbocycles. The molecule has 1 saturated heterocycles. The minimum Gasteiger partial charge on any atom is -0.480 e. The van der Waals surface area contributed by atoms with E-state index in [1.165, 1.54) is 16.4 Å². The minimum absolute atomic E-state index is 0.119. The van der Waals surface area contributed by atoms with Gasteiger partial charge in [-0.1, -0.05) is 29.3 Å². The van der Waals surface area contributed by atoms with Gasteiger partial charge in [-0.15, -0.1) is 0 Å². The van der Waals surface area contributed by atoms with Gasteiger partial charge >= 0.3 is 5.97 Å². The number of aliphatic carboxylic acids is 1. The molecule has 0 saturated carbocycles. The number of benzene rings is 1. The molecule has 0 radical (unpaired) electrons. The van der Waals surface area contributed by atoms with Gasteiger partial charge in [0.05, 0.1) is 10.6 Å². The number of amides is 1. The van der Waals surface area contributed by atoms with Gasteiger partial charge in [0.1, 0.15) is 0 Å². The number of piperidine rings is 1. The SMILES string of the molecule is CC(C(=O)O)S(=O)(=O)N1CCC(CNC(=O)c2ccc(Cl)cc2Cl)(c2ccccn2)CC1. The number of carbonyl (C=O) groups is 2. The van der Waals surface area contributed by atoms with E-state index in [-0.39, 0.29) is 36.1 Å². The van der Waals surface area contributed by atoms with Crippen molar-refractivity contribution in [3.63, 3.8) is 0 Å². The Bertz CT molecular complexity index is 1100. The summed E-state index contributed by atoms with van der Waals surface area (Å²) in [6, 6.07) is 10.0. The number of carboxylic acid groups (broad SMARTS) is 1. The van der Waals surface area contributed by atoms with Crippen LogP contribution in [0.3, 0.4) is 0 Å². The highest BCUT2D eigenvalue weighted by atomic mass is 35.5. The molecule has 8 nitrogen and oxygen atoms in total. The van der Waals surface area contributed by atoms with E-state index in [1.807, 2.05) is 12.1 Å². The molecule has 32 heavy (non-hydrogen) atoms. The molecule has 3 rings (SSSR count). The van der Waals surface area contributed by atoms with Crippen molar-refractivity contribution in [2.24, 2.45) is 0 Å². The average molecular weight is 500 g/mol. The van der Waals surface area contributed by atoms with Crippen molar-refractivity contribution in [2.45, 2.75) is 30.4 Å². The van der Waals surface area contributed by atoms with Crippen LogP contribution in [0.2, 0.25) is 10.0 Å². The molecule has 1 amide bonds. The van der Waals surface area contributed by atoms with Gasteiger partial charge in [0.15, 0.2) is 5.25 Å². The number of pyridine rings is 1. The Hall–Kier alpha value is -2.20. The Morgan fingerprint density at radius 1 is 1.22 bits per heavy atom. The zero-order chi connectivity index (χ0) is 23.5. The molecule has 0 spiro atoms. The molecule has 1 fully saturated rings. The summed E-state index contributed by atoms with van der Waals surface area (Å²) in [5.41, 5.74) is 0.391. The van der Waals surface area contributed by atoms with Crippen LogP contribution in [-0.2, 0) is 20.2 Å². The second-order valence-electron chi connectivity index (χ2n) is 7.73. The van der Waals surface area contributed by atoms with Gasteiger partial charge in [0.25, 0.3) is 5.91 Å². The van der Waals surface area contributed by atoms with E-state index in [4.69, 9.17) is 28.3 Å². The Kier molecular flexibility index (Phi) is 7.44. The van der Waals surface area contributed by atoms with E-state index in [0.717, 1.165) is 12.6 Å². The van der Waals surface area contributed by atoms with E-state index in [0.29, 0.717) is 17.9 Å². The third-order valence-electron chi connectivity index (χ3n) is 5.81. The number of carboxylic acids is 1. The summed E-state index contributed by atoms with van der Waals surface area (Å²) in [5, 5.41) is 11.1. The van der Waals surface area contributed by atoms with Gasteiger partial charge in [-0.05, 0) is 50.1 Å². The molecule has 172 valence electrons. The van der Waals surface area contributed by atoms with Crippen molar-refractivity contribution < 1.29 is 23.1 Å². The third kappa shape index (κ3) is 5.06. The second-order valence-corrected chi connectivity index (χ2v) is 10.8. The fourth-order valence-corrected chi connectivity index (χ4v) is 5.63. The van der Waals surface area contributed by atoms with Crippen molar-refractivity contribution in [3.8, 4) is 0 Å². The standard InChI is InChI=1S/C21H23Cl2N3O5S/c1-14(20(28)29)32(30,31)26-10-7-21(8-11-26,18-4-2-3-9-24-18)13-25-19(27)16-6-5-15(22)12-17(16)23/h2-6,9,12,14H,7-8,10-11,13H2,1H3,(H,25,27)(H,28,29). The van der Waals surface area contributed by atoms with Crippen LogP contribution >= 0.6 is 23.2 Å². The molecule has 2 aromatic rings. The van der Waals surface area contributed by atoms with Gasteiger partial charge in [-0.3, -0.25) is 14.6 Å². The van der Waals surface area contributed by atoms with E-state index in [9.17, 15) is 18.0 Å². The van der Waals surface area contributed by atoms with Gasteiger partial charge in [-0.25, -0.2) is 12.7 Å². The molecule has 1 aliphatic heterocycles. The molecule has 1 atom stereocenters. The average Bonchev–Trinajstić information content (AvgIpc) is 2.77. The van der Waals surface area contributed by atoms with Crippen molar-refractivity contribution in [2.75, 3.05) is 19.6 Å². The van der Waals surface area contributed by atoms with Gasteiger partial charge in [0, 0.05) is 42.0 Å². The van der Waals surface area contributed by atoms with Crippen LogP contribution in [0.5, 0.6) is 0 Å². The molecule has 2 N–H and O–H groups in total. The van der Waals surface area contributed by atoms with Crippen LogP contribution in [0.25, 0.3) is 0 Å². The lowest BCUT2D eigenvalue weighted by Gasteiger charge is -2.41. The number of rotatable bonds is 7. The number of carbonyl (C=O) groups excluding carboxylic acids is 1. The number of halogens is 2. The van der Waals surface area contributed by atoms with Crippen LogP contribution in [0.4, 0.5) is 0 Å². The summed E-state index contributed by atoms with van der Waals surface area (Å²) >= 11 is 12.0. The molecular weight excluding hydrogens is 477 g/mol. The molecule has 11 heteroatoms. The smallest absolute Gasteiger partial charge is 0.323 e. The monoisotopic (exact) mass is 499 g/mol. The van der Waals surface area contributed by atoms with Crippen molar-refractivity contribution >= 4 is 45.1 Å². The molecule has 0 bridgehead atoms. The van der Waals surface area contributed by atoms with E-state index >= 15 is 0 Å². The summed E-state index contributed by atoms with van der Waals surface area (Å²) < 4.78 is 26.4. The number of hydrogen-bond donors (Lipinski definition) is 2. The number of aromatic nitrogens is 1. The molecule has 1 aliphatic rings. The number of nitrogens with zero attached hydrogens (tertiary/aromatic N) is 2. The van der Waals surface area contributed by atoms with Crippen LogP contribution < -0.4 is 5.32 Å². The fraction of sp³-hybridized carbons (Fsp3) is 0.381. The van der Waals surface area contributed by atoms with Crippen LogP contribution in [0, 0.1) is 0 Å². The number of hydrogen-bond acceptors (Lipinski definition) is 5. The molecule has 1 aromatic carbocycles. The summed E-state index contributed by atoms with van der Waals surface area (Å²) in [4.78, 5) is 28.4. The maximum absolute atomic E-state index is 12.8. The zero-order valence-electron chi connectivity index (χ0n) is 17.3. The van der Waals surface area contributed by atoms with Crippen LogP contribution in [0.1, 0.15) is 35.8 Å². The fourth-order valence-electron chi connectivity index (χ4n) is 3.74. The minimum atomic E-state index is -3.98. The molecule has 1 unspecified atom stereocenters. The lowest BCUT2D eigenvalue weighted by atomic mass is 9.75. The Labute approximate surface area is 196 Å². The van der Waals surface area contributed by atoms with Crippen molar-refractivity contribution in [3.05, 3.63) is 63.9 Å². The quantitative estimate of drug-likeness (QED) is 0.604. The topological polar surface area (TPSA) is 117 Å². The van der Waals surface area contributed by atoms with Crippen molar-refractivity contribution in [1.82, 2.24) is 14.6 Å². The van der Waals surface area contributed by atoms with E-state index < -0.39 is 26.7 Å². The zero-order valence-corrected chi connectivity index (χ0v) is 19.6. The van der Waals surface area contributed by atoms with Gasteiger partial charge in [-0.2, -0.15) is 0 Å². The normalized spacial score (nSPS) is 17.5. The van der Waals surface area contributed by atoms with E-state index in [2.05, 4.69) is 10.3 Å². The van der Waals surface area contributed by atoms with Crippen molar-refractivity contribution in [1.29, 1.82) is 0 Å². The third-order valence-corrected chi connectivity index (χ3v) is 8.53. The Morgan fingerprint density at radius 2 is 1.91 bits per heavy atom. The number of nitrogens with one attached hydrogen (secondary N) is 1. The summed E-state index contributed by atoms with van der Waals surface area (Å²) in [5.74, 6) is -1.77. The summed E-state index contributed by atoms with van der Waals surface area (Å²) in [6.45, 7) is 1.61. The maximum Gasteiger partial charge on any atom is 0.323 e. The summed E-state index contributed by atoms with van der Waals surface area (Å²) in [7, 11) is -3.98. The predicted octanol–water partition coefficient (Wildman–Crippen LogP) is 2.95. The van der Waals surface area contributed by atoms with Gasteiger partial charge < -0.3 is 10.4 Å². The second kappa shape index (κ2) is 9.74. The molecular formula is C21H23Cl2N3O5S. The number of sulfonamides is 1. The highest BCUT2D eigenvalue weighted by Gasteiger charge is 2.43. The first-order chi connectivity index (χ1) is 15.1. The highest BCUT2D eigenvalue weighted by molar-refractivity contribution is 7.90. The maximum atomic E-state index is 12.8. The van der Waals surface area contributed by atoms with E-state index in [1.54, 1.807) is 18.3 Å². The lowest BCUT2D eigenvalue weighted by molar-refractivity contribution is -0.136. The van der Waals surface area contributed by atoms with Crippen LogP contribution in [-0.4, -0.2) is 59.6 Å².